The molecule has 2 aromatic carbocycles. The molecule has 2 aliphatic carbocycles. The average Bonchev–Trinajstić information content (AvgIpc) is 3.49. The zero-order valence-electron chi connectivity index (χ0n) is 16.3. The molecule has 4 heteroatoms. The molecule has 2 fully saturated rings. The highest BCUT2D eigenvalue weighted by atomic mass is 16.6. The third kappa shape index (κ3) is 2.20. The zero-order valence-corrected chi connectivity index (χ0v) is 16.3. The summed E-state index contributed by atoms with van der Waals surface area (Å²) in [5.41, 5.74) is 0.746. The Labute approximate surface area is 175 Å². The Bertz CT molecular complexity index is 1200. The molecule has 0 spiro atoms. The monoisotopic (exact) mass is 393 g/mol. The molecule has 1 amide bonds. The van der Waals surface area contributed by atoms with Crippen LogP contribution in [0.4, 0.5) is 10.5 Å². The van der Waals surface area contributed by atoms with Crippen molar-refractivity contribution in [2.24, 2.45) is 5.92 Å². The predicted octanol–water partition coefficient (Wildman–Crippen LogP) is 4.42. The third-order valence-electron chi connectivity index (χ3n) is 6.60. The normalized spacial score (nSPS) is 32.7. The number of ether oxygens (including phenoxy) is 2. The van der Waals surface area contributed by atoms with Crippen molar-refractivity contribution in [3.8, 4) is 29.4 Å². The number of epoxide rings is 1. The summed E-state index contributed by atoms with van der Waals surface area (Å²) in [6.45, 7) is 0. The number of nitrogens with zero attached hydrogens (tertiary/aromatic N) is 1. The summed E-state index contributed by atoms with van der Waals surface area (Å²) in [5.74, 6) is 13.5. The maximum absolute atomic E-state index is 13.4. The van der Waals surface area contributed by atoms with E-state index < -0.39 is 23.3 Å². The minimum absolute atomic E-state index is 0.0757. The summed E-state index contributed by atoms with van der Waals surface area (Å²) < 4.78 is 12.4. The highest BCUT2D eigenvalue weighted by Crippen LogP contribution is 2.72. The van der Waals surface area contributed by atoms with Gasteiger partial charge in [0, 0.05) is 5.56 Å². The second-order valence-corrected chi connectivity index (χ2v) is 8.05. The first-order valence-corrected chi connectivity index (χ1v) is 10.3. The summed E-state index contributed by atoms with van der Waals surface area (Å²) in [6.07, 6.45) is 5.90. The van der Waals surface area contributed by atoms with Gasteiger partial charge in [0.2, 0.25) is 0 Å². The Hall–Kier alpha value is -3.47. The maximum Gasteiger partial charge on any atom is 0.420 e. The summed E-state index contributed by atoms with van der Waals surface area (Å²) in [6, 6.07) is 16.7. The van der Waals surface area contributed by atoms with Crippen molar-refractivity contribution < 1.29 is 14.3 Å². The number of carbonyl (C=O) groups is 1. The van der Waals surface area contributed by atoms with Crippen molar-refractivity contribution in [1.82, 2.24) is 0 Å². The van der Waals surface area contributed by atoms with E-state index in [4.69, 9.17) is 9.47 Å². The molecular weight excluding hydrogens is 374 g/mol. The van der Waals surface area contributed by atoms with Gasteiger partial charge in [0.05, 0.1) is 11.6 Å². The number of anilines is 1. The van der Waals surface area contributed by atoms with Gasteiger partial charge in [-0.25, -0.2) is 4.79 Å². The van der Waals surface area contributed by atoms with Gasteiger partial charge in [0.25, 0.3) is 0 Å². The smallest absolute Gasteiger partial charge is 0.410 e. The molecule has 0 radical (unpaired) electrons. The van der Waals surface area contributed by atoms with Crippen LogP contribution < -0.4 is 9.64 Å². The molecule has 146 valence electrons. The standard InChI is InChI=1S/C26H19NO3/c28-24(29-20-13-5-3-6-14-20)27-22-16-9-8-15-21(22)26-19-11-4-1-2-7-17-23(27)25(26,30-26)18-10-12-19/h1-3,5-6,8-9,13-16,19,23H,10,12,18H2/b2-1-. The zero-order chi connectivity index (χ0) is 20.2. The Morgan fingerprint density at radius 3 is 2.67 bits per heavy atom. The van der Waals surface area contributed by atoms with Gasteiger partial charge in [0.1, 0.15) is 23.0 Å². The molecule has 1 saturated heterocycles. The SMILES string of the molecule is O=C(Oc1ccccc1)N1c2ccccc2C23OC24CCCC3C#C/C=C\C#CC14. The number of allylic oxidation sites excluding steroid dienone is 2. The minimum atomic E-state index is -0.549. The van der Waals surface area contributed by atoms with Crippen LogP contribution in [0.2, 0.25) is 0 Å². The second kappa shape index (κ2) is 6.26. The molecule has 6 rings (SSSR count). The largest absolute Gasteiger partial charge is 0.420 e. The van der Waals surface area contributed by atoms with Crippen LogP contribution in [0.25, 0.3) is 0 Å². The van der Waals surface area contributed by atoms with Gasteiger partial charge in [-0.05, 0) is 49.6 Å². The molecule has 4 nitrogen and oxygen atoms in total. The summed E-state index contributed by atoms with van der Waals surface area (Å²) in [4.78, 5) is 15.1. The number of benzene rings is 2. The number of carbonyl (C=O) groups excluding carboxylic acids is 1. The van der Waals surface area contributed by atoms with Crippen LogP contribution in [0.1, 0.15) is 24.8 Å². The fraction of sp³-hybridized carbons (Fsp3) is 0.269. The second-order valence-electron chi connectivity index (χ2n) is 8.05. The molecule has 4 bridgehead atoms. The molecule has 4 aliphatic rings. The lowest BCUT2D eigenvalue weighted by Gasteiger charge is -2.43. The predicted molar refractivity (Wildman–Crippen MR) is 113 cm³/mol. The fourth-order valence-corrected chi connectivity index (χ4v) is 5.40. The van der Waals surface area contributed by atoms with Crippen molar-refractivity contribution in [2.75, 3.05) is 4.90 Å². The van der Waals surface area contributed by atoms with Gasteiger partial charge < -0.3 is 9.47 Å². The first kappa shape index (κ1) is 17.4. The molecular formula is C26H19NO3. The van der Waals surface area contributed by atoms with Crippen LogP contribution in [0.3, 0.4) is 0 Å². The van der Waals surface area contributed by atoms with Crippen LogP contribution in [-0.4, -0.2) is 17.7 Å². The van der Waals surface area contributed by atoms with Gasteiger partial charge in [-0.2, -0.15) is 0 Å². The van der Waals surface area contributed by atoms with Crippen molar-refractivity contribution in [3.63, 3.8) is 0 Å². The lowest BCUT2D eigenvalue weighted by Crippen LogP contribution is -2.57. The molecule has 30 heavy (non-hydrogen) atoms. The van der Waals surface area contributed by atoms with E-state index in [2.05, 4.69) is 29.7 Å². The van der Waals surface area contributed by atoms with Crippen LogP contribution in [0, 0.1) is 29.6 Å². The molecule has 0 aromatic heterocycles. The first-order chi connectivity index (χ1) is 14.8. The average molecular weight is 393 g/mol. The van der Waals surface area contributed by atoms with E-state index in [1.54, 1.807) is 29.2 Å². The van der Waals surface area contributed by atoms with E-state index in [1.807, 2.05) is 36.4 Å². The molecule has 4 atom stereocenters. The van der Waals surface area contributed by atoms with E-state index in [1.165, 1.54) is 0 Å². The number of para-hydroxylation sites is 2. The Kier molecular flexibility index (Phi) is 3.63. The van der Waals surface area contributed by atoms with E-state index >= 15 is 0 Å². The van der Waals surface area contributed by atoms with E-state index in [0.717, 1.165) is 30.5 Å². The number of amides is 1. The molecule has 2 aromatic rings. The molecule has 2 aliphatic heterocycles. The molecule has 1 saturated carbocycles. The summed E-state index contributed by atoms with van der Waals surface area (Å²) >= 11 is 0. The number of rotatable bonds is 1. The van der Waals surface area contributed by atoms with E-state index in [9.17, 15) is 4.79 Å². The number of hydrogen-bond acceptors (Lipinski definition) is 3. The van der Waals surface area contributed by atoms with Gasteiger partial charge in [-0.3, -0.25) is 4.90 Å². The van der Waals surface area contributed by atoms with Crippen LogP contribution in [0.5, 0.6) is 5.75 Å². The number of fused-ring (bicyclic) bond motifs is 1. The van der Waals surface area contributed by atoms with Crippen molar-refractivity contribution >= 4 is 11.8 Å². The lowest BCUT2D eigenvalue weighted by molar-refractivity contribution is 0.197. The van der Waals surface area contributed by atoms with Gasteiger partial charge in [-0.1, -0.05) is 60.1 Å². The van der Waals surface area contributed by atoms with E-state index in [0.29, 0.717) is 5.75 Å². The van der Waals surface area contributed by atoms with Crippen LogP contribution >= 0.6 is 0 Å². The molecule has 0 N–H and O–H groups in total. The number of hydrogen-bond donors (Lipinski definition) is 0. The Balaban J connectivity index is 1.54. The highest BCUT2D eigenvalue weighted by molar-refractivity contribution is 5.94. The van der Waals surface area contributed by atoms with Crippen molar-refractivity contribution in [3.05, 3.63) is 72.3 Å². The maximum atomic E-state index is 13.4. The Morgan fingerprint density at radius 2 is 1.80 bits per heavy atom. The first-order valence-electron chi connectivity index (χ1n) is 10.3. The van der Waals surface area contributed by atoms with Crippen LogP contribution in [-0.2, 0) is 10.3 Å². The quantitative estimate of drug-likeness (QED) is 0.532. The highest BCUT2D eigenvalue weighted by Gasteiger charge is 2.81. The van der Waals surface area contributed by atoms with Gasteiger partial charge in [0.15, 0.2) is 0 Å². The third-order valence-corrected chi connectivity index (χ3v) is 6.60. The topological polar surface area (TPSA) is 42.1 Å². The molecule has 2 heterocycles. The van der Waals surface area contributed by atoms with Gasteiger partial charge >= 0.3 is 6.09 Å². The summed E-state index contributed by atoms with van der Waals surface area (Å²) in [7, 11) is 0. The Morgan fingerprint density at radius 1 is 1.03 bits per heavy atom. The minimum Gasteiger partial charge on any atom is -0.410 e. The summed E-state index contributed by atoms with van der Waals surface area (Å²) in [5, 5.41) is 0. The van der Waals surface area contributed by atoms with Crippen LogP contribution in [0.15, 0.2) is 66.7 Å². The fourth-order valence-electron chi connectivity index (χ4n) is 5.40. The lowest BCUT2D eigenvalue weighted by atomic mass is 9.64. The van der Waals surface area contributed by atoms with Crippen molar-refractivity contribution in [2.45, 2.75) is 36.5 Å². The van der Waals surface area contributed by atoms with Crippen molar-refractivity contribution in [1.29, 1.82) is 0 Å². The van der Waals surface area contributed by atoms with Gasteiger partial charge in [-0.15, -0.1) is 0 Å². The molecule has 4 unspecified atom stereocenters. The van der Waals surface area contributed by atoms with E-state index in [-0.39, 0.29) is 5.92 Å².